The van der Waals surface area contributed by atoms with Gasteiger partial charge in [0, 0.05) is 23.3 Å². The molecule has 0 aliphatic carbocycles. The smallest absolute Gasteiger partial charge is 0.242 e. The predicted octanol–water partition coefficient (Wildman–Crippen LogP) is 1.34. The number of halogens is 1. The standard InChI is InChI=1S/C10H15BrN2O3S/c1-7(6-16-2)13-17(14,15)10-4-3-8(12)5-9(10)11/h3-5,7,13H,6,12H2,1-2H3. The number of rotatable bonds is 5. The lowest BCUT2D eigenvalue weighted by Crippen LogP contribution is -2.35. The fourth-order valence-corrected chi connectivity index (χ4v) is 3.67. The van der Waals surface area contributed by atoms with Gasteiger partial charge in [-0.3, -0.25) is 0 Å². The molecular weight excluding hydrogens is 308 g/mol. The molecular formula is C10H15BrN2O3S. The number of nitrogen functional groups attached to an aromatic ring is 1. The summed E-state index contributed by atoms with van der Waals surface area (Å²) >= 11 is 3.18. The third kappa shape index (κ3) is 3.95. The van der Waals surface area contributed by atoms with Crippen molar-refractivity contribution >= 4 is 31.6 Å². The summed E-state index contributed by atoms with van der Waals surface area (Å²) in [6.07, 6.45) is 0. The van der Waals surface area contributed by atoms with Gasteiger partial charge in [-0.2, -0.15) is 0 Å². The van der Waals surface area contributed by atoms with Gasteiger partial charge in [-0.1, -0.05) is 0 Å². The molecule has 0 heterocycles. The minimum Gasteiger partial charge on any atom is -0.399 e. The van der Waals surface area contributed by atoms with Crippen LogP contribution < -0.4 is 10.5 Å². The van der Waals surface area contributed by atoms with Gasteiger partial charge in [0.05, 0.1) is 11.5 Å². The highest BCUT2D eigenvalue weighted by Crippen LogP contribution is 2.24. The van der Waals surface area contributed by atoms with E-state index in [1.807, 2.05) is 0 Å². The van der Waals surface area contributed by atoms with E-state index in [-0.39, 0.29) is 10.9 Å². The SMILES string of the molecule is COCC(C)NS(=O)(=O)c1ccc(N)cc1Br. The highest BCUT2D eigenvalue weighted by Gasteiger charge is 2.19. The van der Waals surface area contributed by atoms with E-state index >= 15 is 0 Å². The quantitative estimate of drug-likeness (QED) is 0.802. The van der Waals surface area contributed by atoms with Gasteiger partial charge in [0.2, 0.25) is 10.0 Å². The van der Waals surface area contributed by atoms with Crippen LogP contribution in [0.1, 0.15) is 6.92 Å². The Morgan fingerprint density at radius 2 is 2.18 bits per heavy atom. The number of hydrogen-bond acceptors (Lipinski definition) is 4. The second-order valence-corrected chi connectivity index (χ2v) is 6.20. The van der Waals surface area contributed by atoms with E-state index < -0.39 is 10.0 Å². The zero-order valence-electron chi connectivity index (χ0n) is 9.60. The van der Waals surface area contributed by atoms with E-state index in [1.54, 1.807) is 19.1 Å². The Morgan fingerprint density at radius 1 is 1.53 bits per heavy atom. The highest BCUT2D eigenvalue weighted by atomic mass is 79.9. The average Bonchev–Trinajstić information content (AvgIpc) is 2.15. The van der Waals surface area contributed by atoms with Gasteiger partial charge < -0.3 is 10.5 Å². The summed E-state index contributed by atoms with van der Waals surface area (Å²) in [6.45, 7) is 2.04. The van der Waals surface area contributed by atoms with Crippen LogP contribution in [0.4, 0.5) is 5.69 Å². The molecule has 1 aromatic rings. The van der Waals surface area contributed by atoms with Crippen LogP contribution in [-0.4, -0.2) is 28.2 Å². The molecule has 1 unspecified atom stereocenters. The molecule has 0 spiro atoms. The van der Waals surface area contributed by atoms with Gasteiger partial charge in [-0.15, -0.1) is 0 Å². The minimum atomic E-state index is -3.56. The molecule has 17 heavy (non-hydrogen) atoms. The van der Waals surface area contributed by atoms with Crippen molar-refractivity contribution in [1.82, 2.24) is 4.72 Å². The topological polar surface area (TPSA) is 81.4 Å². The second kappa shape index (κ2) is 5.81. The summed E-state index contributed by atoms with van der Waals surface area (Å²) in [7, 11) is -2.04. The Hall–Kier alpha value is -0.630. The molecule has 3 N–H and O–H groups in total. The molecule has 0 bridgehead atoms. The first-order chi connectivity index (χ1) is 7.86. The van der Waals surface area contributed by atoms with E-state index in [9.17, 15) is 8.42 Å². The van der Waals surface area contributed by atoms with Crippen molar-refractivity contribution in [2.75, 3.05) is 19.5 Å². The third-order valence-corrected chi connectivity index (χ3v) is 4.58. The molecule has 0 fully saturated rings. The first kappa shape index (κ1) is 14.4. The van der Waals surface area contributed by atoms with Crippen LogP contribution in [0.2, 0.25) is 0 Å². The van der Waals surface area contributed by atoms with Gasteiger partial charge in [-0.25, -0.2) is 13.1 Å². The first-order valence-electron chi connectivity index (χ1n) is 4.93. The third-order valence-electron chi connectivity index (χ3n) is 2.02. The van der Waals surface area contributed by atoms with Crippen molar-refractivity contribution in [3.63, 3.8) is 0 Å². The van der Waals surface area contributed by atoms with Gasteiger partial charge in [0.25, 0.3) is 0 Å². The summed E-state index contributed by atoms with van der Waals surface area (Å²) in [5, 5.41) is 0. The molecule has 5 nitrogen and oxygen atoms in total. The lowest BCUT2D eigenvalue weighted by molar-refractivity contribution is 0.180. The molecule has 1 rings (SSSR count). The van der Waals surface area contributed by atoms with Crippen molar-refractivity contribution in [2.45, 2.75) is 17.9 Å². The Balaban J connectivity index is 2.97. The fourth-order valence-electron chi connectivity index (χ4n) is 1.35. The van der Waals surface area contributed by atoms with Gasteiger partial charge in [0.15, 0.2) is 0 Å². The number of hydrogen-bond donors (Lipinski definition) is 2. The van der Waals surface area contributed by atoms with Crippen LogP contribution in [0.25, 0.3) is 0 Å². The van der Waals surface area contributed by atoms with Crippen LogP contribution in [0, 0.1) is 0 Å². The summed E-state index contributed by atoms with van der Waals surface area (Å²) in [6, 6.07) is 4.26. The van der Waals surface area contributed by atoms with E-state index in [0.29, 0.717) is 16.8 Å². The average molecular weight is 323 g/mol. The van der Waals surface area contributed by atoms with Gasteiger partial charge in [-0.05, 0) is 41.1 Å². The van der Waals surface area contributed by atoms with Crippen molar-refractivity contribution in [3.8, 4) is 0 Å². The molecule has 0 amide bonds. The molecule has 0 aromatic heterocycles. The van der Waals surface area contributed by atoms with Gasteiger partial charge in [0.1, 0.15) is 0 Å². The monoisotopic (exact) mass is 322 g/mol. The van der Waals surface area contributed by atoms with Crippen molar-refractivity contribution in [3.05, 3.63) is 22.7 Å². The van der Waals surface area contributed by atoms with Crippen molar-refractivity contribution in [2.24, 2.45) is 0 Å². The molecule has 1 atom stereocenters. The maximum absolute atomic E-state index is 12.0. The normalized spacial score (nSPS) is 13.6. The van der Waals surface area contributed by atoms with Crippen LogP contribution in [-0.2, 0) is 14.8 Å². The number of anilines is 1. The summed E-state index contributed by atoms with van der Waals surface area (Å²) in [5.74, 6) is 0. The molecule has 0 aliphatic rings. The molecule has 0 aliphatic heterocycles. The predicted molar refractivity (Wildman–Crippen MR) is 70.2 cm³/mol. The maximum atomic E-state index is 12.0. The van der Waals surface area contributed by atoms with Crippen LogP contribution in [0.15, 0.2) is 27.6 Å². The minimum absolute atomic E-state index is 0.162. The molecule has 96 valence electrons. The maximum Gasteiger partial charge on any atom is 0.242 e. The first-order valence-corrected chi connectivity index (χ1v) is 7.20. The number of nitrogens with one attached hydrogen (secondary N) is 1. The molecule has 0 saturated carbocycles. The van der Waals surface area contributed by atoms with Crippen LogP contribution >= 0.6 is 15.9 Å². The van der Waals surface area contributed by atoms with E-state index in [1.165, 1.54) is 13.2 Å². The number of methoxy groups -OCH3 is 1. The van der Waals surface area contributed by atoms with Crippen LogP contribution in [0.5, 0.6) is 0 Å². The Bertz CT molecular complexity index is 490. The molecule has 1 aromatic carbocycles. The second-order valence-electron chi connectivity index (χ2n) is 3.67. The zero-order valence-corrected chi connectivity index (χ0v) is 12.0. The van der Waals surface area contributed by atoms with Crippen LogP contribution in [0.3, 0.4) is 0 Å². The largest absolute Gasteiger partial charge is 0.399 e. The van der Waals surface area contributed by atoms with E-state index in [4.69, 9.17) is 10.5 Å². The fraction of sp³-hybridized carbons (Fsp3) is 0.400. The Labute approximate surface area is 110 Å². The summed E-state index contributed by atoms with van der Waals surface area (Å²) in [5.41, 5.74) is 6.06. The Kier molecular flexibility index (Phi) is 4.93. The highest BCUT2D eigenvalue weighted by molar-refractivity contribution is 9.10. The van der Waals surface area contributed by atoms with E-state index in [0.717, 1.165) is 0 Å². The number of sulfonamides is 1. The van der Waals surface area contributed by atoms with E-state index in [2.05, 4.69) is 20.7 Å². The molecule has 7 heteroatoms. The molecule has 0 saturated heterocycles. The van der Waals surface area contributed by atoms with Gasteiger partial charge >= 0.3 is 0 Å². The van der Waals surface area contributed by atoms with Crippen molar-refractivity contribution < 1.29 is 13.2 Å². The number of benzene rings is 1. The zero-order chi connectivity index (χ0) is 13.1. The lowest BCUT2D eigenvalue weighted by Gasteiger charge is -2.14. The number of ether oxygens (including phenoxy) is 1. The van der Waals surface area contributed by atoms with Crippen molar-refractivity contribution in [1.29, 1.82) is 0 Å². The lowest BCUT2D eigenvalue weighted by atomic mass is 10.3. The summed E-state index contributed by atoms with van der Waals surface area (Å²) in [4.78, 5) is 0.162. The number of nitrogens with two attached hydrogens (primary N) is 1. The summed E-state index contributed by atoms with van der Waals surface area (Å²) < 4.78 is 31.8. The Morgan fingerprint density at radius 3 is 2.71 bits per heavy atom. The molecule has 0 radical (unpaired) electrons.